The van der Waals surface area contributed by atoms with E-state index < -0.39 is 5.82 Å². The SMILES string of the molecule is CC(c1ccccc1)N(C)C(=O)c1ccc(Br)c(F)c1. The number of hydrogen-bond donors (Lipinski definition) is 0. The molecule has 0 heterocycles. The largest absolute Gasteiger partial charge is 0.335 e. The maximum Gasteiger partial charge on any atom is 0.254 e. The van der Waals surface area contributed by atoms with Crippen LogP contribution in [-0.2, 0) is 0 Å². The van der Waals surface area contributed by atoms with E-state index in [0.29, 0.717) is 10.0 Å². The van der Waals surface area contributed by atoms with Gasteiger partial charge in [0.2, 0.25) is 0 Å². The van der Waals surface area contributed by atoms with Crippen molar-refractivity contribution >= 4 is 21.8 Å². The molecule has 1 unspecified atom stereocenters. The van der Waals surface area contributed by atoms with Gasteiger partial charge in [-0.1, -0.05) is 30.3 Å². The van der Waals surface area contributed by atoms with Gasteiger partial charge in [0.1, 0.15) is 5.82 Å². The summed E-state index contributed by atoms with van der Waals surface area (Å²) in [6, 6.07) is 14.1. The van der Waals surface area contributed by atoms with Crippen LogP contribution in [0.3, 0.4) is 0 Å². The molecule has 2 aromatic rings. The lowest BCUT2D eigenvalue weighted by atomic mass is 10.1. The summed E-state index contributed by atoms with van der Waals surface area (Å²) in [6.45, 7) is 1.95. The summed E-state index contributed by atoms with van der Waals surface area (Å²) in [6.07, 6.45) is 0. The summed E-state index contributed by atoms with van der Waals surface area (Å²) in [7, 11) is 1.72. The lowest BCUT2D eigenvalue weighted by Gasteiger charge is -2.25. The van der Waals surface area contributed by atoms with Crippen LogP contribution in [0.4, 0.5) is 4.39 Å². The summed E-state index contributed by atoms with van der Waals surface area (Å²) in [5.41, 5.74) is 1.39. The van der Waals surface area contributed by atoms with Crippen molar-refractivity contribution in [3.05, 3.63) is 69.9 Å². The van der Waals surface area contributed by atoms with Gasteiger partial charge in [-0.05, 0) is 46.6 Å². The van der Waals surface area contributed by atoms with Gasteiger partial charge >= 0.3 is 0 Å². The minimum atomic E-state index is -0.434. The molecule has 0 saturated carbocycles. The minimum Gasteiger partial charge on any atom is -0.335 e. The zero-order valence-electron chi connectivity index (χ0n) is 11.3. The molecular formula is C16H15BrFNO. The van der Waals surface area contributed by atoms with Crippen molar-refractivity contribution in [1.82, 2.24) is 4.90 Å². The Kier molecular flexibility index (Phi) is 4.55. The molecule has 2 rings (SSSR count). The van der Waals surface area contributed by atoms with Gasteiger partial charge in [-0.2, -0.15) is 0 Å². The van der Waals surface area contributed by atoms with Gasteiger partial charge in [0.15, 0.2) is 0 Å². The van der Waals surface area contributed by atoms with E-state index in [4.69, 9.17) is 0 Å². The zero-order valence-corrected chi connectivity index (χ0v) is 12.9. The molecule has 2 aromatic carbocycles. The molecule has 0 fully saturated rings. The molecular weight excluding hydrogens is 321 g/mol. The van der Waals surface area contributed by atoms with Gasteiger partial charge in [-0.25, -0.2) is 4.39 Å². The quantitative estimate of drug-likeness (QED) is 0.812. The minimum absolute atomic E-state index is 0.0737. The molecule has 104 valence electrons. The molecule has 0 aliphatic heterocycles. The summed E-state index contributed by atoms with van der Waals surface area (Å²) in [4.78, 5) is 14.0. The summed E-state index contributed by atoms with van der Waals surface area (Å²) in [5.74, 6) is -0.635. The highest BCUT2D eigenvalue weighted by molar-refractivity contribution is 9.10. The van der Waals surface area contributed by atoms with Crippen molar-refractivity contribution in [2.24, 2.45) is 0 Å². The van der Waals surface area contributed by atoms with Crippen LogP contribution in [0, 0.1) is 5.82 Å². The van der Waals surface area contributed by atoms with Crippen LogP contribution in [-0.4, -0.2) is 17.9 Å². The van der Waals surface area contributed by atoms with Gasteiger partial charge in [0.25, 0.3) is 5.91 Å². The Labute approximate surface area is 126 Å². The molecule has 0 N–H and O–H groups in total. The summed E-state index contributed by atoms with van der Waals surface area (Å²) in [5, 5.41) is 0. The first-order chi connectivity index (χ1) is 9.50. The van der Waals surface area contributed by atoms with Crippen LogP contribution in [0.25, 0.3) is 0 Å². The van der Waals surface area contributed by atoms with Crippen molar-refractivity contribution < 1.29 is 9.18 Å². The molecule has 0 spiro atoms. The molecule has 1 atom stereocenters. The Balaban J connectivity index is 2.22. The van der Waals surface area contributed by atoms with Crippen molar-refractivity contribution in [3.63, 3.8) is 0 Å². The number of amides is 1. The monoisotopic (exact) mass is 335 g/mol. The van der Waals surface area contributed by atoms with Crippen molar-refractivity contribution in [2.45, 2.75) is 13.0 Å². The Morgan fingerprint density at radius 1 is 1.20 bits per heavy atom. The van der Waals surface area contributed by atoms with Crippen LogP contribution < -0.4 is 0 Å². The number of halogens is 2. The van der Waals surface area contributed by atoms with Gasteiger partial charge in [0, 0.05) is 12.6 Å². The maximum atomic E-state index is 13.5. The molecule has 1 amide bonds. The lowest BCUT2D eigenvalue weighted by Crippen LogP contribution is -2.29. The average Bonchev–Trinajstić information content (AvgIpc) is 2.48. The molecule has 0 bridgehead atoms. The van der Waals surface area contributed by atoms with Gasteiger partial charge < -0.3 is 4.90 Å². The van der Waals surface area contributed by atoms with E-state index in [1.54, 1.807) is 24.1 Å². The predicted molar refractivity (Wildman–Crippen MR) is 81.1 cm³/mol. The Hall–Kier alpha value is -1.68. The first-order valence-electron chi connectivity index (χ1n) is 6.28. The van der Waals surface area contributed by atoms with E-state index in [-0.39, 0.29) is 11.9 Å². The highest BCUT2D eigenvalue weighted by Crippen LogP contribution is 2.22. The van der Waals surface area contributed by atoms with E-state index in [1.807, 2.05) is 37.3 Å². The number of benzene rings is 2. The van der Waals surface area contributed by atoms with Gasteiger partial charge in [0.05, 0.1) is 10.5 Å². The summed E-state index contributed by atoms with van der Waals surface area (Å²) >= 11 is 3.08. The van der Waals surface area contributed by atoms with E-state index >= 15 is 0 Å². The van der Waals surface area contributed by atoms with Crippen LogP contribution in [0.5, 0.6) is 0 Å². The Morgan fingerprint density at radius 3 is 2.45 bits per heavy atom. The molecule has 4 heteroatoms. The molecule has 20 heavy (non-hydrogen) atoms. The van der Waals surface area contributed by atoms with Crippen LogP contribution in [0.15, 0.2) is 53.0 Å². The molecule has 0 aliphatic rings. The van der Waals surface area contributed by atoms with Crippen molar-refractivity contribution in [1.29, 1.82) is 0 Å². The number of rotatable bonds is 3. The fraction of sp³-hybridized carbons (Fsp3) is 0.188. The summed E-state index contributed by atoms with van der Waals surface area (Å²) < 4.78 is 13.9. The zero-order chi connectivity index (χ0) is 14.7. The highest BCUT2D eigenvalue weighted by Gasteiger charge is 2.19. The Morgan fingerprint density at radius 2 is 1.85 bits per heavy atom. The van der Waals surface area contributed by atoms with E-state index in [9.17, 15) is 9.18 Å². The van der Waals surface area contributed by atoms with Gasteiger partial charge in [-0.15, -0.1) is 0 Å². The van der Waals surface area contributed by atoms with Crippen LogP contribution >= 0.6 is 15.9 Å². The first kappa shape index (κ1) is 14.7. The van der Waals surface area contributed by atoms with Crippen LogP contribution in [0.2, 0.25) is 0 Å². The topological polar surface area (TPSA) is 20.3 Å². The van der Waals surface area contributed by atoms with E-state index in [2.05, 4.69) is 15.9 Å². The fourth-order valence-corrected chi connectivity index (χ4v) is 2.21. The van der Waals surface area contributed by atoms with E-state index in [1.165, 1.54) is 6.07 Å². The molecule has 0 radical (unpaired) electrons. The van der Waals surface area contributed by atoms with Gasteiger partial charge in [-0.3, -0.25) is 4.79 Å². The van der Waals surface area contributed by atoms with Crippen molar-refractivity contribution in [3.8, 4) is 0 Å². The third-order valence-corrected chi connectivity index (χ3v) is 3.99. The highest BCUT2D eigenvalue weighted by atomic mass is 79.9. The fourth-order valence-electron chi connectivity index (χ4n) is 1.96. The normalized spacial score (nSPS) is 12.0. The predicted octanol–water partition coefficient (Wildman–Crippen LogP) is 4.42. The standard InChI is InChI=1S/C16H15BrFNO/c1-11(12-6-4-3-5-7-12)19(2)16(20)13-8-9-14(17)15(18)10-13/h3-11H,1-2H3. The first-order valence-corrected chi connectivity index (χ1v) is 7.07. The maximum absolute atomic E-state index is 13.5. The molecule has 2 nitrogen and oxygen atoms in total. The molecule has 0 aliphatic carbocycles. The third kappa shape index (κ3) is 3.07. The number of nitrogens with zero attached hydrogens (tertiary/aromatic N) is 1. The number of carbonyl (C=O) groups is 1. The second-order valence-corrected chi connectivity index (χ2v) is 5.49. The second kappa shape index (κ2) is 6.18. The van der Waals surface area contributed by atoms with E-state index in [0.717, 1.165) is 5.56 Å². The number of hydrogen-bond acceptors (Lipinski definition) is 1. The third-order valence-electron chi connectivity index (χ3n) is 3.35. The van der Waals surface area contributed by atoms with Crippen molar-refractivity contribution in [2.75, 3.05) is 7.05 Å². The molecule has 0 aromatic heterocycles. The Bertz CT molecular complexity index is 615. The lowest BCUT2D eigenvalue weighted by molar-refractivity contribution is 0.0742. The average molecular weight is 336 g/mol. The smallest absolute Gasteiger partial charge is 0.254 e. The molecule has 0 saturated heterocycles. The second-order valence-electron chi connectivity index (χ2n) is 4.63. The van der Waals surface area contributed by atoms with Crippen LogP contribution in [0.1, 0.15) is 28.9 Å². The number of carbonyl (C=O) groups excluding carboxylic acids is 1.